The summed E-state index contributed by atoms with van der Waals surface area (Å²) in [5.74, 6) is 1.92. The van der Waals surface area contributed by atoms with Crippen molar-refractivity contribution in [2.24, 2.45) is 10.5 Å². The molecule has 1 saturated carbocycles. The van der Waals surface area contributed by atoms with Crippen molar-refractivity contribution < 1.29 is 14.3 Å². The maximum Gasteiger partial charge on any atom is 0.205 e. The highest BCUT2D eigenvalue weighted by Gasteiger charge is 2.56. The average molecular weight is 469 g/mol. The van der Waals surface area contributed by atoms with E-state index in [1.165, 1.54) is 0 Å². The number of carbonyl (C=O) groups excluding carboxylic acids is 1. The van der Waals surface area contributed by atoms with E-state index in [-0.39, 0.29) is 17.2 Å². The molecule has 2 heterocycles. The van der Waals surface area contributed by atoms with Crippen LogP contribution in [0.15, 0.2) is 52.0 Å². The van der Waals surface area contributed by atoms with Gasteiger partial charge in [0.15, 0.2) is 0 Å². The zero-order valence-electron chi connectivity index (χ0n) is 17.4. The molecule has 0 saturated heterocycles. The van der Waals surface area contributed by atoms with Crippen LogP contribution in [0.25, 0.3) is 0 Å². The predicted molar refractivity (Wildman–Crippen MR) is 119 cm³/mol. The van der Waals surface area contributed by atoms with Crippen LogP contribution in [0, 0.1) is 5.41 Å². The Bertz CT molecular complexity index is 1050. The van der Waals surface area contributed by atoms with Gasteiger partial charge in [-0.1, -0.05) is 29.8 Å². The molecule has 2 atom stereocenters. The minimum Gasteiger partial charge on any atom is -0.497 e. The van der Waals surface area contributed by atoms with E-state index in [2.05, 4.69) is 40.9 Å². The first kappa shape index (κ1) is 19.6. The molecular formula is C24H25BrN2O3. The van der Waals surface area contributed by atoms with Crippen molar-refractivity contribution >= 4 is 27.4 Å². The summed E-state index contributed by atoms with van der Waals surface area (Å²) in [6, 6.07) is 14.2. The highest BCUT2D eigenvalue weighted by Crippen LogP contribution is 2.54. The van der Waals surface area contributed by atoms with Crippen molar-refractivity contribution in [3.63, 3.8) is 0 Å². The number of hydrogen-bond donors (Lipinski definition) is 0. The van der Waals surface area contributed by atoms with Gasteiger partial charge in [-0.05, 0) is 53.4 Å². The van der Waals surface area contributed by atoms with Gasteiger partial charge >= 0.3 is 0 Å². The standard InChI is InChI=1S/C24H25BrN2O3/c1-23(2)12-17(28)13-24(14-23)27-21(19-10-16(25)6-9-22(19)30-24)11-20(26-27)15-4-7-18(29-3)8-5-15/h4-10,21H,11-14H2,1-3H3. The van der Waals surface area contributed by atoms with Gasteiger partial charge in [0.05, 0.1) is 25.3 Å². The average Bonchev–Trinajstić information content (AvgIpc) is 3.14. The number of fused-ring (bicyclic) bond motifs is 4. The normalized spacial score (nSPS) is 26.7. The quantitative estimate of drug-likeness (QED) is 0.585. The Kier molecular flexibility index (Phi) is 4.47. The Labute approximate surface area is 185 Å². The molecule has 2 aromatic carbocycles. The zero-order valence-corrected chi connectivity index (χ0v) is 19.0. The Hall–Kier alpha value is -2.34. The monoisotopic (exact) mass is 468 g/mol. The largest absolute Gasteiger partial charge is 0.497 e. The minimum absolute atomic E-state index is 0.0463. The lowest BCUT2D eigenvalue weighted by atomic mass is 9.71. The lowest BCUT2D eigenvalue weighted by Crippen LogP contribution is -2.59. The number of halogens is 1. The van der Waals surface area contributed by atoms with Gasteiger partial charge in [-0.3, -0.25) is 4.79 Å². The number of methoxy groups -OCH3 is 1. The fourth-order valence-electron chi connectivity index (χ4n) is 5.22. The summed E-state index contributed by atoms with van der Waals surface area (Å²) in [5.41, 5.74) is 2.31. The second-order valence-electron chi connectivity index (χ2n) is 9.30. The molecule has 1 fully saturated rings. The van der Waals surface area contributed by atoms with Crippen LogP contribution in [0.2, 0.25) is 0 Å². The third-order valence-corrected chi connectivity index (χ3v) is 6.78. The van der Waals surface area contributed by atoms with Crippen LogP contribution in [0.4, 0.5) is 0 Å². The summed E-state index contributed by atoms with van der Waals surface area (Å²) in [6.07, 6.45) is 2.48. The van der Waals surface area contributed by atoms with E-state index in [0.29, 0.717) is 12.8 Å². The molecule has 1 aliphatic carbocycles. The lowest BCUT2D eigenvalue weighted by Gasteiger charge is -2.52. The first-order valence-corrected chi connectivity index (χ1v) is 11.1. The molecule has 2 aromatic rings. The predicted octanol–water partition coefficient (Wildman–Crippen LogP) is 5.48. The molecule has 0 bridgehead atoms. The number of hydrazone groups is 1. The topological polar surface area (TPSA) is 51.1 Å². The Morgan fingerprint density at radius 3 is 2.63 bits per heavy atom. The number of ether oxygens (including phenoxy) is 2. The van der Waals surface area contributed by atoms with Crippen molar-refractivity contribution in [1.29, 1.82) is 0 Å². The Morgan fingerprint density at radius 1 is 1.17 bits per heavy atom. The van der Waals surface area contributed by atoms with Gasteiger partial charge in [-0.2, -0.15) is 5.10 Å². The van der Waals surface area contributed by atoms with Crippen LogP contribution in [0.3, 0.4) is 0 Å². The SMILES string of the molecule is COc1ccc(C2=NN3C(C2)c2cc(Br)ccc2OC32CC(=O)CC(C)(C)C2)cc1. The molecule has 0 aromatic heterocycles. The molecule has 0 radical (unpaired) electrons. The summed E-state index contributed by atoms with van der Waals surface area (Å²) in [4.78, 5) is 12.8. The molecule has 0 amide bonds. The van der Waals surface area contributed by atoms with Gasteiger partial charge in [-0.15, -0.1) is 0 Å². The summed E-state index contributed by atoms with van der Waals surface area (Å²) in [6.45, 7) is 4.29. The maximum atomic E-state index is 12.8. The van der Waals surface area contributed by atoms with Crippen molar-refractivity contribution in [3.8, 4) is 11.5 Å². The van der Waals surface area contributed by atoms with E-state index in [0.717, 1.165) is 45.7 Å². The highest BCUT2D eigenvalue weighted by atomic mass is 79.9. The van der Waals surface area contributed by atoms with E-state index in [1.54, 1.807) is 7.11 Å². The van der Waals surface area contributed by atoms with Crippen LogP contribution in [-0.2, 0) is 4.79 Å². The number of hydrogen-bond acceptors (Lipinski definition) is 5. The number of rotatable bonds is 2. The smallest absolute Gasteiger partial charge is 0.205 e. The first-order chi connectivity index (χ1) is 14.3. The van der Waals surface area contributed by atoms with Gasteiger partial charge in [0.25, 0.3) is 0 Å². The molecule has 2 aliphatic heterocycles. The van der Waals surface area contributed by atoms with Gasteiger partial charge in [0, 0.05) is 29.3 Å². The number of nitrogens with zero attached hydrogens (tertiary/aromatic N) is 2. The summed E-state index contributed by atoms with van der Waals surface area (Å²) < 4.78 is 12.9. The molecule has 1 spiro atoms. The highest BCUT2D eigenvalue weighted by molar-refractivity contribution is 9.10. The number of carbonyl (C=O) groups is 1. The second-order valence-corrected chi connectivity index (χ2v) is 10.2. The molecule has 6 heteroatoms. The molecule has 5 rings (SSSR count). The summed E-state index contributed by atoms with van der Waals surface area (Å²) in [5, 5.41) is 7.14. The van der Waals surface area contributed by atoms with Crippen molar-refractivity contribution in [2.45, 2.75) is 51.3 Å². The number of ketones is 1. The molecule has 30 heavy (non-hydrogen) atoms. The molecule has 3 aliphatic rings. The van der Waals surface area contributed by atoms with Gasteiger partial charge < -0.3 is 9.47 Å². The molecule has 5 nitrogen and oxygen atoms in total. The molecule has 0 N–H and O–H groups in total. The first-order valence-electron chi connectivity index (χ1n) is 10.3. The third-order valence-electron chi connectivity index (χ3n) is 6.29. The Balaban J connectivity index is 1.61. The second kappa shape index (κ2) is 6.84. The lowest BCUT2D eigenvalue weighted by molar-refractivity contribution is -0.171. The van der Waals surface area contributed by atoms with E-state index in [9.17, 15) is 4.79 Å². The fraction of sp³-hybridized carbons (Fsp3) is 0.417. The number of benzene rings is 2. The number of Topliss-reactive ketones (excluding diaryl/α,β-unsaturated/α-hetero) is 1. The van der Waals surface area contributed by atoms with Gasteiger partial charge in [-0.25, -0.2) is 5.01 Å². The zero-order chi connectivity index (χ0) is 21.1. The van der Waals surface area contributed by atoms with Crippen molar-refractivity contribution in [3.05, 3.63) is 58.1 Å². The Morgan fingerprint density at radius 2 is 1.93 bits per heavy atom. The van der Waals surface area contributed by atoms with Crippen molar-refractivity contribution in [1.82, 2.24) is 5.01 Å². The van der Waals surface area contributed by atoms with Crippen LogP contribution < -0.4 is 9.47 Å². The molecule has 156 valence electrons. The summed E-state index contributed by atoms with van der Waals surface area (Å²) in [7, 11) is 1.67. The van der Waals surface area contributed by atoms with E-state index < -0.39 is 5.72 Å². The van der Waals surface area contributed by atoms with Gasteiger partial charge in [0.2, 0.25) is 5.72 Å². The molecule has 2 unspecified atom stereocenters. The van der Waals surface area contributed by atoms with E-state index >= 15 is 0 Å². The van der Waals surface area contributed by atoms with Crippen LogP contribution in [0.1, 0.15) is 56.7 Å². The summed E-state index contributed by atoms with van der Waals surface area (Å²) >= 11 is 3.60. The van der Waals surface area contributed by atoms with Crippen LogP contribution >= 0.6 is 15.9 Å². The van der Waals surface area contributed by atoms with Gasteiger partial charge in [0.1, 0.15) is 17.3 Å². The van der Waals surface area contributed by atoms with Crippen molar-refractivity contribution in [2.75, 3.05) is 7.11 Å². The fourth-order valence-corrected chi connectivity index (χ4v) is 5.60. The third kappa shape index (κ3) is 3.22. The van der Waals surface area contributed by atoms with Crippen LogP contribution in [0.5, 0.6) is 11.5 Å². The van der Waals surface area contributed by atoms with Crippen LogP contribution in [-0.4, -0.2) is 29.3 Å². The minimum atomic E-state index is -0.738. The maximum absolute atomic E-state index is 12.8. The van der Waals surface area contributed by atoms with E-state index in [4.69, 9.17) is 14.6 Å². The van der Waals surface area contributed by atoms with E-state index in [1.807, 2.05) is 36.4 Å². The molecular weight excluding hydrogens is 444 g/mol.